The minimum atomic E-state index is 0.00927. The van der Waals surface area contributed by atoms with Crippen molar-refractivity contribution in [3.63, 3.8) is 0 Å². The Bertz CT molecular complexity index is 755. The molecule has 1 aliphatic heterocycles. The number of amides is 2. The molecular formula is C16H16N4O2S. The van der Waals surface area contributed by atoms with Gasteiger partial charge in [-0.2, -0.15) is 0 Å². The highest BCUT2D eigenvalue weighted by Crippen LogP contribution is 2.33. The van der Waals surface area contributed by atoms with Crippen molar-refractivity contribution < 1.29 is 9.59 Å². The van der Waals surface area contributed by atoms with E-state index in [9.17, 15) is 9.59 Å². The Balaban J connectivity index is 1.47. The standard InChI is InChI=1S/C16H16N4O2S/c21-14(10-1-2-10)19-16-18-12-5-8-20(9-13(12)23-16)15(22)11-3-6-17-7-4-11/h3-4,6-7,10H,1-2,5,8-9H2,(H,18,19,21). The molecule has 1 saturated carbocycles. The number of thiazole rings is 1. The van der Waals surface area contributed by atoms with Gasteiger partial charge in [0, 0.05) is 41.7 Å². The Morgan fingerprint density at radius 2 is 2.04 bits per heavy atom. The normalized spacial score (nSPS) is 16.8. The SMILES string of the molecule is O=C(Nc1nc2c(s1)CN(C(=O)c1ccncc1)CC2)C1CC1. The second-order valence-corrected chi connectivity index (χ2v) is 6.95. The van der Waals surface area contributed by atoms with Gasteiger partial charge in [-0.15, -0.1) is 0 Å². The molecular weight excluding hydrogens is 312 g/mol. The van der Waals surface area contributed by atoms with Crippen LogP contribution in [0, 0.1) is 5.92 Å². The van der Waals surface area contributed by atoms with Crippen LogP contribution in [0.25, 0.3) is 0 Å². The van der Waals surface area contributed by atoms with Crippen molar-refractivity contribution in [2.75, 3.05) is 11.9 Å². The van der Waals surface area contributed by atoms with Gasteiger partial charge in [0.2, 0.25) is 5.91 Å². The monoisotopic (exact) mass is 328 g/mol. The van der Waals surface area contributed by atoms with Gasteiger partial charge in [-0.25, -0.2) is 4.98 Å². The molecule has 0 atom stereocenters. The molecule has 0 bridgehead atoms. The summed E-state index contributed by atoms with van der Waals surface area (Å²) in [7, 11) is 0. The molecule has 2 aliphatic rings. The Morgan fingerprint density at radius 3 is 2.78 bits per heavy atom. The largest absolute Gasteiger partial charge is 0.333 e. The first-order valence-electron chi connectivity index (χ1n) is 7.69. The maximum atomic E-state index is 12.5. The van der Waals surface area contributed by atoms with Crippen LogP contribution in [0.15, 0.2) is 24.5 Å². The molecule has 7 heteroatoms. The fraction of sp³-hybridized carbons (Fsp3) is 0.375. The average Bonchev–Trinajstić information content (AvgIpc) is 3.35. The highest BCUT2D eigenvalue weighted by atomic mass is 32.1. The van der Waals surface area contributed by atoms with Gasteiger partial charge in [-0.3, -0.25) is 14.6 Å². The lowest BCUT2D eigenvalue weighted by atomic mass is 10.1. The van der Waals surface area contributed by atoms with Gasteiger partial charge in [-0.1, -0.05) is 11.3 Å². The summed E-state index contributed by atoms with van der Waals surface area (Å²) >= 11 is 1.48. The Hall–Kier alpha value is -2.28. The molecule has 1 N–H and O–H groups in total. The molecule has 0 aromatic carbocycles. The Labute approximate surface area is 137 Å². The topological polar surface area (TPSA) is 75.2 Å². The molecule has 0 radical (unpaired) electrons. The van der Waals surface area contributed by atoms with Crippen molar-refractivity contribution in [2.45, 2.75) is 25.8 Å². The molecule has 2 aromatic rings. The van der Waals surface area contributed by atoms with Gasteiger partial charge in [0.25, 0.3) is 5.91 Å². The number of fused-ring (bicyclic) bond motifs is 1. The molecule has 23 heavy (non-hydrogen) atoms. The lowest BCUT2D eigenvalue weighted by Crippen LogP contribution is -2.35. The number of aromatic nitrogens is 2. The number of hydrogen-bond acceptors (Lipinski definition) is 5. The zero-order chi connectivity index (χ0) is 15.8. The molecule has 3 heterocycles. The van der Waals surface area contributed by atoms with E-state index in [1.165, 1.54) is 11.3 Å². The molecule has 0 unspecified atom stereocenters. The van der Waals surface area contributed by atoms with Crippen LogP contribution in [-0.2, 0) is 17.8 Å². The molecule has 6 nitrogen and oxygen atoms in total. The van der Waals surface area contributed by atoms with Crippen LogP contribution in [0.4, 0.5) is 5.13 Å². The van der Waals surface area contributed by atoms with E-state index in [0.29, 0.717) is 23.8 Å². The van der Waals surface area contributed by atoms with Crippen LogP contribution in [0.3, 0.4) is 0 Å². The molecule has 118 valence electrons. The van der Waals surface area contributed by atoms with E-state index in [1.807, 2.05) is 4.90 Å². The van der Waals surface area contributed by atoms with E-state index in [2.05, 4.69) is 15.3 Å². The highest BCUT2D eigenvalue weighted by Gasteiger charge is 2.31. The lowest BCUT2D eigenvalue weighted by molar-refractivity contribution is -0.117. The minimum absolute atomic E-state index is 0.00927. The third-order valence-corrected chi connectivity index (χ3v) is 5.12. The van der Waals surface area contributed by atoms with E-state index >= 15 is 0 Å². The quantitative estimate of drug-likeness (QED) is 0.936. The van der Waals surface area contributed by atoms with Crippen LogP contribution in [-0.4, -0.2) is 33.2 Å². The summed E-state index contributed by atoms with van der Waals surface area (Å²) in [5, 5.41) is 3.55. The van der Waals surface area contributed by atoms with Gasteiger partial charge in [0.15, 0.2) is 5.13 Å². The van der Waals surface area contributed by atoms with E-state index in [0.717, 1.165) is 29.8 Å². The first-order chi connectivity index (χ1) is 11.2. The summed E-state index contributed by atoms with van der Waals surface area (Å²) in [6.45, 7) is 1.20. The van der Waals surface area contributed by atoms with Gasteiger partial charge < -0.3 is 10.2 Å². The maximum Gasteiger partial charge on any atom is 0.254 e. The summed E-state index contributed by atoms with van der Waals surface area (Å²) in [6.07, 6.45) is 5.93. The van der Waals surface area contributed by atoms with Crippen molar-refractivity contribution in [3.8, 4) is 0 Å². The van der Waals surface area contributed by atoms with Gasteiger partial charge in [-0.05, 0) is 25.0 Å². The zero-order valence-electron chi connectivity index (χ0n) is 12.5. The molecule has 4 rings (SSSR count). The molecule has 1 aliphatic carbocycles. The van der Waals surface area contributed by atoms with Crippen molar-refractivity contribution in [3.05, 3.63) is 40.7 Å². The zero-order valence-corrected chi connectivity index (χ0v) is 13.3. The van der Waals surface area contributed by atoms with E-state index in [-0.39, 0.29) is 17.7 Å². The predicted molar refractivity (Wildman–Crippen MR) is 86.1 cm³/mol. The molecule has 2 aromatic heterocycles. The van der Waals surface area contributed by atoms with Crippen LogP contribution < -0.4 is 5.32 Å². The second-order valence-electron chi connectivity index (χ2n) is 5.87. The third-order valence-electron chi connectivity index (χ3n) is 4.12. The number of hydrogen-bond donors (Lipinski definition) is 1. The van der Waals surface area contributed by atoms with Crippen LogP contribution >= 0.6 is 11.3 Å². The number of pyridine rings is 1. The molecule has 1 fully saturated rings. The van der Waals surface area contributed by atoms with Crippen LogP contribution in [0.5, 0.6) is 0 Å². The third kappa shape index (κ3) is 2.96. The number of carbonyl (C=O) groups excluding carboxylic acids is 2. The van der Waals surface area contributed by atoms with Crippen molar-refractivity contribution in [1.29, 1.82) is 0 Å². The maximum absolute atomic E-state index is 12.5. The minimum Gasteiger partial charge on any atom is -0.333 e. The fourth-order valence-electron chi connectivity index (χ4n) is 2.65. The van der Waals surface area contributed by atoms with E-state index in [4.69, 9.17) is 0 Å². The van der Waals surface area contributed by atoms with Crippen molar-refractivity contribution >= 4 is 28.3 Å². The Morgan fingerprint density at radius 1 is 1.26 bits per heavy atom. The highest BCUT2D eigenvalue weighted by molar-refractivity contribution is 7.15. The number of nitrogens with zero attached hydrogens (tertiary/aromatic N) is 3. The van der Waals surface area contributed by atoms with Gasteiger partial charge in [0.05, 0.1) is 12.2 Å². The van der Waals surface area contributed by atoms with Crippen LogP contribution in [0.2, 0.25) is 0 Å². The van der Waals surface area contributed by atoms with E-state index < -0.39 is 0 Å². The van der Waals surface area contributed by atoms with Crippen molar-refractivity contribution in [2.24, 2.45) is 5.92 Å². The molecule has 0 spiro atoms. The number of nitrogens with one attached hydrogen (secondary N) is 1. The smallest absolute Gasteiger partial charge is 0.254 e. The van der Waals surface area contributed by atoms with Crippen molar-refractivity contribution in [1.82, 2.24) is 14.9 Å². The van der Waals surface area contributed by atoms with Gasteiger partial charge in [0.1, 0.15) is 0 Å². The number of rotatable bonds is 3. The summed E-state index contributed by atoms with van der Waals surface area (Å²) in [5.41, 5.74) is 1.65. The molecule has 2 amide bonds. The number of anilines is 1. The summed E-state index contributed by atoms with van der Waals surface area (Å²) < 4.78 is 0. The second kappa shape index (κ2) is 5.73. The van der Waals surface area contributed by atoms with Gasteiger partial charge >= 0.3 is 0 Å². The predicted octanol–water partition coefficient (Wildman–Crippen LogP) is 2.09. The fourth-order valence-corrected chi connectivity index (χ4v) is 3.68. The van der Waals surface area contributed by atoms with E-state index in [1.54, 1.807) is 24.5 Å². The first-order valence-corrected chi connectivity index (χ1v) is 8.51. The lowest BCUT2D eigenvalue weighted by Gasteiger charge is -2.26. The first kappa shape index (κ1) is 14.3. The van der Waals surface area contributed by atoms with Crippen LogP contribution in [0.1, 0.15) is 33.8 Å². The number of carbonyl (C=O) groups is 2. The Kier molecular flexibility index (Phi) is 3.57. The molecule has 0 saturated heterocycles. The summed E-state index contributed by atoms with van der Waals surface area (Å²) in [5.74, 6) is 0.247. The average molecular weight is 328 g/mol. The summed E-state index contributed by atoms with van der Waals surface area (Å²) in [4.78, 5) is 35.7. The summed E-state index contributed by atoms with van der Waals surface area (Å²) in [6, 6.07) is 3.46.